The molecule has 0 atom stereocenters. The van der Waals surface area contributed by atoms with E-state index in [-0.39, 0.29) is 6.61 Å². The molecule has 0 aromatic heterocycles. The molecular weight excluding hydrogens is 308 g/mol. The molecule has 22 heavy (non-hydrogen) atoms. The number of methoxy groups -OCH3 is 2. The van der Waals surface area contributed by atoms with Crippen molar-refractivity contribution in [1.82, 2.24) is 0 Å². The molecule has 116 valence electrons. The summed E-state index contributed by atoms with van der Waals surface area (Å²) in [5.74, 6) is 1.53. The standard InChI is InChI=1S/C16H15ClO5/c1-19-14-8-3-11(9-15(14)20-2)10-21-16(18)22-13-6-4-12(17)5-7-13/h3-9H,10H2,1-2H3. The Bertz CT molecular complexity index is 639. The lowest BCUT2D eigenvalue weighted by Gasteiger charge is -2.10. The van der Waals surface area contributed by atoms with Crippen LogP contribution in [0.4, 0.5) is 4.79 Å². The van der Waals surface area contributed by atoms with E-state index < -0.39 is 6.16 Å². The van der Waals surface area contributed by atoms with Crippen molar-refractivity contribution < 1.29 is 23.7 Å². The van der Waals surface area contributed by atoms with Crippen molar-refractivity contribution in [2.45, 2.75) is 6.61 Å². The van der Waals surface area contributed by atoms with E-state index >= 15 is 0 Å². The predicted molar refractivity (Wildman–Crippen MR) is 81.8 cm³/mol. The minimum atomic E-state index is -0.794. The van der Waals surface area contributed by atoms with Crippen LogP contribution < -0.4 is 14.2 Å². The molecule has 0 saturated carbocycles. The predicted octanol–water partition coefficient (Wildman–Crippen LogP) is 4.07. The highest BCUT2D eigenvalue weighted by atomic mass is 35.5. The molecule has 0 spiro atoms. The lowest BCUT2D eigenvalue weighted by molar-refractivity contribution is 0.0927. The Morgan fingerprint density at radius 2 is 1.68 bits per heavy atom. The number of hydrogen-bond donors (Lipinski definition) is 0. The molecular formula is C16H15ClO5. The molecule has 0 amide bonds. The Balaban J connectivity index is 1.92. The zero-order valence-electron chi connectivity index (χ0n) is 12.2. The summed E-state index contributed by atoms with van der Waals surface area (Å²) >= 11 is 5.75. The fraction of sp³-hybridized carbons (Fsp3) is 0.188. The van der Waals surface area contributed by atoms with Crippen LogP contribution >= 0.6 is 11.6 Å². The summed E-state index contributed by atoms with van der Waals surface area (Å²) in [7, 11) is 3.09. The summed E-state index contributed by atoms with van der Waals surface area (Å²) in [5, 5.41) is 0.561. The summed E-state index contributed by atoms with van der Waals surface area (Å²) in [5.41, 5.74) is 0.755. The van der Waals surface area contributed by atoms with E-state index in [9.17, 15) is 4.79 Å². The van der Waals surface area contributed by atoms with Gasteiger partial charge in [-0.05, 0) is 42.0 Å². The highest BCUT2D eigenvalue weighted by Gasteiger charge is 2.09. The van der Waals surface area contributed by atoms with Gasteiger partial charge < -0.3 is 18.9 Å². The van der Waals surface area contributed by atoms with Gasteiger partial charge in [-0.25, -0.2) is 4.79 Å². The van der Waals surface area contributed by atoms with Crippen LogP contribution in [0.3, 0.4) is 0 Å². The minimum Gasteiger partial charge on any atom is -0.493 e. The summed E-state index contributed by atoms with van der Waals surface area (Å²) in [6, 6.07) is 11.7. The number of hydrogen-bond acceptors (Lipinski definition) is 5. The summed E-state index contributed by atoms with van der Waals surface area (Å²) in [6.07, 6.45) is -0.794. The van der Waals surface area contributed by atoms with Gasteiger partial charge in [0.05, 0.1) is 14.2 Å². The summed E-state index contributed by atoms with van der Waals surface area (Å²) in [4.78, 5) is 11.6. The second kappa shape index (κ2) is 7.56. The van der Waals surface area contributed by atoms with Crippen molar-refractivity contribution in [2.75, 3.05) is 14.2 Å². The van der Waals surface area contributed by atoms with Gasteiger partial charge in [0.15, 0.2) is 11.5 Å². The van der Waals surface area contributed by atoms with E-state index in [0.29, 0.717) is 22.3 Å². The highest BCUT2D eigenvalue weighted by Crippen LogP contribution is 2.27. The minimum absolute atomic E-state index is 0.0623. The van der Waals surface area contributed by atoms with Crippen LogP contribution in [0.2, 0.25) is 5.02 Å². The first kappa shape index (κ1) is 16.0. The van der Waals surface area contributed by atoms with Crippen molar-refractivity contribution in [1.29, 1.82) is 0 Å². The number of benzene rings is 2. The zero-order chi connectivity index (χ0) is 15.9. The van der Waals surface area contributed by atoms with Gasteiger partial charge in [-0.15, -0.1) is 0 Å². The third-order valence-corrected chi connectivity index (χ3v) is 3.07. The highest BCUT2D eigenvalue weighted by molar-refractivity contribution is 6.30. The first-order valence-electron chi connectivity index (χ1n) is 6.43. The summed E-state index contributed by atoms with van der Waals surface area (Å²) in [6.45, 7) is 0.0623. The molecule has 0 radical (unpaired) electrons. The molecule has 2 rings (SSSR count). The first-order chi connectivity index (χ1) is 10.6. The molecule has 0 unspecified atom stereocenters. The lowest BCUT2D eigenvalue weighted by atomic mass is 10.2. The van der Waals surface area contributed by atoms with Crippen molar-refractivity contribution in [2.24, 2.45) is 0 Å². The van der Waals surface area contributed by atoms with Crippen molar-refractivity contribution >= 4 is 17.8 Å². The van der Waals surface area contributed by atoms with Crippen molar-refractivity contribution in [3.63, 3.8) is 0 Å². The maximum atomic E-state index is 11.6. The number of carbonyl (C=O) groups is 1. The third kappa shape index (κ3) is 4.30. The number of halogens is 1. The molecule has 0 N–H and O–H groups in total. The van der Waals surface area contributed by atoms with Crippen LogP contribution in [0.5, 0.6) is 17.2 Å². The number of rotatable bonds is 5. The average molecular weight is 323 g/mol. The Labute approximate surface area is 133 Å². The van der Waals surface area contributed by atoms with Crippen LogP contribution in [0.25, 0.3) is 0 Å². The van der Waals surface area contributed by atoms with Gasteiger partial charge in [-0.2, -0.15) is 0 Å². The van der Waals surface area contributed by atoms with Gasteiger partial charge in [-0.1, -0.05) is 17.7 Å². The van der Waals surface area contributed by atoms with E-state index in [1.165, 1.54) is 7.11 Å². The molecule has 0 aliphatic carbocycles. The molecule has 0 fully saturated rings. The quantitative estimate of drug-likeness (QED) is 0.613. The van der Waals surface area contributed by atoms with Gasteiger partial charge in [-0.3, -0.25) is 0 Å². The molecule has 0 bridgehead atoms. The normalized spacial score (nSPS) is 9.95. The van der Waals surface area contributed by atoms with Crippen LogP contribution in [-0.4, -0.2) is 20.4 Å². The molecule has 0 aliphatic heterocycles. The van der Waals surface area contributed by atoms with E-state index in [1.807, 2.05) is 0 Å². The zero-order valence-corrected chi connectivity index (χ0v) is 12.9. The Morgan fingerprint density at radius 3 is 2.32 bits per heavy atom. The van der Waals surface area contributed by atoms with E-state index in [4.69, 9.17) is 30.5 Å². The molecule has 0 saturated heterocycles. The topological polar surface area (TPSA) is 54.0 Å². The van der Waals surface area contributed by atoms with E-state index in [2.05, 4.69) is 0 Å². The second-order valence-corrected chi connectivity index (χ2v) is 4.72. The maximum Gasteiger partial charge on any atom is 0.514 e. The van der Waals surface area contributed by atoms with Crippen LogP contribution in [0, 0.1) is 0 Å². The molecule has 0 heterocycles. The average Bonchev–Trinajstić information content (AvgIpc) is 2.54. The monoisotopic (exact) mass is 322 g/mol. The van der Waals surface area contributed by atoms with Crippen LogP contribution in [-0.2, 0) is 11.3 Å². The Hall–Kier alpha value is -2.40. The fourth-order valence-corrected chi connectivity index (χ4v) is 1.87. The van der Waals surface area contributed by atoms with E-state index in [0.717, 1.165) is 5.56 Å². The maximum absolute atomic E-state index is 11.6. The third-order valence-electron chi connectivity index (χ3n) is 2.82. The molecule has 5 nitrogen and oxygen atoms in total. The van der Waals surface area contributed by atoms with Crippen molar-refractivity contribution in [3.05, 3.63) is 53.1 Å². The van der Waals surface area contributed by atoms with Crippen LogP contribution in [0.1, 0.15) is 5.56 Å². The smallest absolute Gasteiger partial charge is 0.493 e. The first-order valence-corrected chi connectivity index (χ1v) is 6.81. The molecule has 0 aliphatic rings. The fourth-order valence-electron chi connectivity index (χ4n) is 1.74. The Morgan fingerprint density at radius 1 is 1.00 bits per heavy atom. The van der Waals surface area contributed by atoms with Crippen molar-refractivity contribution in [3.8, 4) is 17.2 Å². The van der Waals surface area contributed by atoms with Gasteiger partial charge in [0.1, 0.15) is 12.4 Å². The second-order valence-electron chi connectivity index (χ2n) is 4.28. The molecule has 6 heteroatoms. The summed E-state index contributed by atoms with van der Waals surface area (Å²) < 4.78 is 20.4. The van der Waals surface area contributed by atoms with E-state index in [1.54, 1.807) is 49.6 Å². The van der Waals surface area contributed by atoms with Gasteiger partial charge in [0.25, 0.3) is 0 Å². The number of ether oxygens (including phenoxy) is 4. The largest absolute Gasteiger partial charge is 0.514 e. The molecule has 2 aromatic carbocycles. The van der Waals surface area contributed by atoms with Crippen LogP contribution in [0.15, 0.2) is 42.5 Å². The molecule has 2 aromatic rings. The Kier molecular flexibility index (Phi) is 5.49. The lowest BCUT2D eigenvalue weighted by Crippen LogP contribution is -2.10. The van der Waals surface area contributed by atoms with Gasteiger partial charge in [0, 0.05) is 5.02 Å². The number of carbonyl (C=O) groups excluding carboxylic acids is 1. The SMILES string of the molecule is COc1ccc(COC(=O)Oc2ccc(Cl)cc2)cc1OC. The van der Waals surface area contributed by atoms with Gasteiger partial charge >= 0.3 is 6.16 Å². The van der Waals surface area contributed by atoms with Gasteiger partial charge in [0.2, 0.25) is 0 Å².